The van der Waals surface area contributed by atoms with Gasteiger partial charge in [-0.1, -0.05) is 6.92 Å². The maximum Gasteiger partial charge on any atom is 0.238 e. The van der Waals surface area contributed by atoms with Crippen LogP contribution in [0, 0.1) is 0 Å². The summed E-state index contributed by atoms with van der Waals surface area (Å²) in [6, 6.07) is 5.73. The fourth-order valence-electron chi connectivity index (χ4n) is 1.86. The molecule has 4 nitrogen and oxygen atoms in total. The lowest BCUT2D eigenvalue weighted by molar-refractivity contribution is -0.117. The molecule has 0 aromatic heterocycles. The van der Waals surface area contributed by atoms with Gasteiger partial charge in [0, 0.05) is 12.2 Å². The molecule has 0 bridgehead atoms. The van der Waals surface area contributed by atoms with Crippen LogP contribution >= 0.6 is 0 Å². The highest BCUT2D eigenvalue weighted by Crippen LogP contribution is 2.25. The Hall–Kier alpha value is -1.55. The average Bonchev–Trinajstić information content (AvgIpc) is 2.45. The van der Waals surface area contributed by atoms with Crippen molar-refractivity contribution in [3.05, 3.63) is 23.8 Å². The van der Waals surface area contributed by atoms with E-state index in [1.807, 2.05) is 18.2 Å². The average molecular weight is 220 g/mol. The minimum absolute atomic E-state index is 0.0470. The number of nitrogens with zero attached hydrogens (tertiary/aromatic N) is 1. The second kappa shape index (κ2) is 4.53. The van der Waals surface area contributed by atoms with Gasteiger partial charge >= 0.3 is 0 Å². The maximum atomic E-state index is 11.6. The van der Waals surface area contributed by atoms with Gasteiger partial charge in [-0.05, 0) is 30.3 Å². The molecule has 1 aliphatic heterocycles. The van der Waals surface area contributed by atoms with E-state index in [2.05, 4.69) is 17.1 Å². The van der Waals surface area contributed by atoms with E-state index < -0.39 is 0 Å². The summed E-state index contributed by atoms with van der Waals surface area (Å²) in [5, 5.41) is 2.90. The molecular formula is C12H16N2O2. The Bertz CT molecular complexity index is 404. The number of fused-ring (bicyclic) bond motifs is 1. The van der Waals surface area contributed by atoms with E-state index in [0.29, 0.717) is 6.54 Å². The summed E-state index contributed by atoms with van der Waals surface area (Å²) >= 11 is 0. The van der Waals surface area contributed by atoms with Crippen molar-refractivity contribution in [3.63, 3.8) is 0 Å². The normalized spacial score (nSPS) is 16.2. The molecule has 1 amide bonds. The molecule has 0 fully saturated rings. The van der Waals surface area contributed by atoms with Crippen molar-refractivity contribution in [2.24, 2.45) is 0 Å². The van der Waals surface area contributed by atoms with E-state index in [1.165, 1.54) is 0 Å². The first-order valence-corrected chi connectivity index (χ1v) is 5.42. The monoisotopic (exact) mass is 220 g/mol. The van der Waals surface area contributed by atoms with Crippen LogP contribution in [0.4, 0.5) is 5.69 Å². The first kappa shape index (κ1) is 11.0. The fraction of sp³-hybridized carbons (Fsp3) is 0.417. The van der Waals surface area contributed by atoms with Crippen molar-refractivity contribution in [2.45, 2.75) is 13.5 Å². The minimum atomic E-state index is 0.0470. The highest BCUT2D eigenvalue weighted by Gasteiger charge is 2.18. The molecule has 0 aliphatic carbocycles. The van der Waals surface area contributed by atoms with E-state index in [9.17, 15) is 4.79 Å². The number of carbonyl (C=O) groups is 1. The molecular weight excluding hydrogens is 204 g/mol. The van der Waals surface area contributed by atoms with Crippen LogP contribution < -0.4 is 10.1 Å². The highest BCUT2D eigenvalue weighted by atomic mass is 16.5. The Balaban J connectivity index is 2.34. The summed E-state index contributed by atoms with van der Waals surface area (Å²) in [6.07, 6.45) is 0. The number of likely N-dealkylation sites (N-methyl/N-ethyl adjacent to an activating group) is 1. The van der Waals surface area contributed by atoms with Crippen molar-refractivity contribution in [3.8, 4) is 5.75 Å². The van der Waals surface area contributed by atoms with Gasteiger partial charge in [0.25, 0.3) is 0 Å². The van der Waals surface area contributed by atoms with Crippen molar-refractivity contribution < 1.29 is 9.53 Å². The lowest BCUT2D eigenvalue weighted by atomic mass is 10.1. The molecule has 0 atom stereocenters. The topological polar surface area (TPSA) is 41.6 Å². The van der Waals surface area contributed by atoms with Gasteiger partial charge in [-0.2, -0.15) is 0 Å². The molecule has 1 heterocycles. The van der Waals surface area contributed by atoms with Crippen molar-refractivity contribution in [1.29, 1.82) is 0 Å². The third-order valence-corrected chi connectivity index (χ3v) is 2.79. The Morgan fingerprint density at radius 2 is 2.25 bits per heavy atom. The zero-order chi connectivity index (χ0) is 11.5. The maximum absolute atomic E-state index is 11.6. The van der Waals surface area contributed by atoms with Crippen LogP contribution in [-0.4, -0.2) is 31.0 Å². The number of hydrogen-bond acceptors (Lipinski definition) is 3. The predicted octanol–water partition coefficient (Wildman–Crippen LogP) is 1.47. The van der Waals surface area contributed by atoms with Gasteiger partial charge in [0.15, 0.2) is 0 Å². The molecule has 86 valence electrons. The van der Waals surface area contributed by atoms with Crippen LogP contribution in [0.25, 0.3) is 0 Å². The van der Waals surface area contributed by atoms with Crippen molar-refractivity contribution in [2.75, 3.05) is 25.5 Å². The number of carbonyl (C=O) groups excluding carboxylic acids is 1. The van der Waals surface area contributed by atoms with E-state index in [4.69, 9.17) is 4.74 Å². The summed E-state index contributed by atoms with van der Waals surface area (Å²) in [7, 11) is 1.65. The summed E-state index contributed by atoms with van der Waals surface area (Å²) < 4.78 is 5.19. The smallest absolute Gasteiger partial charge is 0.238 e. The number of amides is 1. The third kappa shape index (κ3) is 2.17. The molecule has 0 spiro atoms. The lowest BCUT2D eigenvalue weighted by Gasteiger charge is -2.16. The summed E-state index contributed by atoms with van der Waals surface area (Å²) in [5.74, 6) is 0.872. The standard InChI is InChI=1S/C12H16N2O2/c1-3-14-7-9-6-10(16-2)4-5-11(9)13-12(15)8-14/h4-6H,3,7-8H2,1-2H3,(H,13,15). The van der Waals surface area contributed by atoms with Crippen molar-refractivity contribution in [1.82, 2.24) is 4.90 Å². The zero-order valence-electron chi connectivity index (χ0n) is 9.62. The molecule has 1 aliphatic rings. The number of benzene rings is 1. The Kier molecular flexibility index (Phi) is 3.10. The Morgan fingerprint density at radius 3 is 2.94 bits per heavy atom. The molecule has 16 heavy (non-hydrogen) atoms. The van der Waals surface area contributed by atoms with E-state index in [1.54, 1.807) is 7.11 Å². The van der Waals surface area contributed by atoms with Gasteiger partial charge in [-0.15, -0.1) is 0 Å². The Labute approximate surface area is 95.2 Å². The van der Waals surface area contributed by atoms with Crippen LogP contribution in [-0.2, 0) is 11.3 Å². The summed E-state index contributed by atoms with van der Waals surface area (Å²) in [5.41, 5.74) is 1.99. The minimum Gasteiger partial charge on any atom is -0.497 e. The molecule has 1 aromatic carbocycles. The van der Waals surface area contributed by atoms with E-state index >= 15 is 0 Å². The second-order valence-corrected chi connectivity index (χ2v) is 3.87. The van der Waals surface area contributed by atoms with Gasteiger partial charge in [0.1, 0.15) is 5.75 Å². The van der Waals surface area contributed by atoms with Gasteiger partial charge < -0.3 is 10.1 Å². The van der Waals surface area contributed by atoms with Gasteiger partial charge in [-0.25, -0.2) is 0 Å². The van der Waals surface area contributed by atoms with E-state index in [0.717, 1.165) is 30.1 Å². The Morgan fingerprint density at radius 1 is 1.44 bits per heavy atom. The number of methoxy groups -OCH3 is 1. The molecule has 0 unspecified atom stereocenters. The molecule has 2 rings (SSSR count). The summed E-state index contributed by atoms with van der Waals surface area (Å²) in [4.78, 5) is 13.7. The molecule has 0 saturated heterocycles. The SMILES string of the molecule is CCN1CC(=O)Nc2ccc(OC)cc2C1. The number of anilines is 1. The third-order valence-electron chi connectivity index (χ3n) is 2.79. The fourth-order valence-corrected chi connectivity index (χ4v) is 1.86. The van der Waals surface area contributed by atoms with Crippen LogP contribution in [0.15, 0.2) is 18.2 Å². The molecule has 4 heteroatoms. The van der Waals surface area contributed by atoms with Crippen LogP contribution in [0.3, 0.4) is 0 Å². The quantitative estimate of drug-likeness (QED) is 0.820. The van der Waals surface area contributed by atoms with Crippen LogP contribution in [0.5, 0.6) is 5.75 Å². The van der Waals surface area contributed by atoms with Gasteiger partial charge in [0.2, 0.25) is 5.91 Å². The number of nitrogens with one attached hydrogen (secondary N) is 1. The van der Waals surface area contributed by atoms with Crippen LogP contribution in [0.2, 0.25) is 0 Å². The summed E-state index contributed by atoms with van der Waals surface area (Å²) in [6.45, 7) is 4.15. The first-order chi connectivity index (χ1) is 7.72. The largest absolute Gasteiger partial charge is 0.497 e. The van der Waals surface area contributed by atoms with E-state index in [-0.39, 0.29) is 5.91 Å². The number of ether oxygens (including phenoxy) is 1. The van der Waals surface area contributed by atoms with Crippen LogP contribution in [0.1, 0.15) is 12.5 Å². The molecule has 0 radical (unpaired) electrons. The predicted molar refractivity (Wildman–Crippen MR) is 62.6 cm³/mol. The number of rotatable bonds is 2. The number of hydrogen-bond donors (Lipinski definition) is 1. The van der Waals surface area contributed by atoms with Gasteiger partial charge in [0.05, 0.1) is 13.7 Å². The molecule has 0 saturated carbocycles. The highest BCUT2D eigenvalue weighted by molar-refractivity contribution is 5.93. The lowest BCUT2D eigenvalue weighted by Crippen LogP contribution is -2.29. The van der Waals surface area contributed by atoms with Crippen molar-refractivity contribution >= 4 is 11.6 Å². The second-order valence-electron chi connectivity index (χ2n) is 3.87. The molecule has 1 N–H and O–H groups in total. The first-order valence-electron chi connectivity index (χ1n) is 5.42. The zero-order valence-corrected chi connectivity index (χ0v) is 9.62. The molecule has 1 aromatic rings. The van der Waals surface area contributed by atoms with Gasteiger partial charge in [-0.3, -0.25) is 9.69 Å².